The number of hydrogen-bond donors (Lipinski definition) is 1. The molecular formula is C11H11BrClNO. The Kier molecular flexibility index (Phi) is 2.51. The highest BCUT2D eigenvalue weighted by Crippen LogP contribution is 2.39. The second-order valence-electron chi connectivity index (χ2n) is 4.04. The standard InChI is InChI=1S/C11H11BrClNO/c12-9-2-1-6-7-3-14-4-10(7)15-5-8(6)11(9)13/h1-2,7,10,14H,3-5H2/t7-,10-/m0/s1. The average Bonchev–Trinajstić information content (AvgIpc) is 2.71. The number of ether oxygens (including phenoxy) is 1. The molecule has 0 unspecified atom stereocenters. The number of nitrogens with one attached hydrogen (secondary N) is 1. The molecule has 0 bridgehead atoms. The first kappa shape index (κ1) is 10.1. The minimum Gasteiger partial charge on any atom is -0.371 e. The third-order valence-electron chi connectivity index (χ3n) is 3.23. The molecule has 0 amide bonds. The number of benzene rings is 1. The highest BCUT2D eigenvalue weighted by molar-refractivity contribution is 9.10. The summed E-state index contributed by atoms with van der Waals surface area (Å²) in [6, 6.07) is 4.19. The van der Waals surface area contributed by atoms with Gasteiger partial charge in [-0.2, -0.15) is 0 Å². The summed E-state index contributed by atoms with van der Waals surface area (Å²) in [6.45, 7) is 2.59. The molecule has 1 aromatic carbocycles. The second-order valence-corrected chi connectivity index (χ2v) is 5.28. The first-order valence-electron chi connectivity index (χ1n) is 5.06. The Hall–Kier alpha value is -0.0900. The Morgan fingerprint density at radius 3 is 3.13 bits per heavy atom. The predicted octanol–water partition coefficient (Wildman–Crippen LogP) is 2.69. The van der Waals surface area contributed by atoms with Crippen LogP contribution in [0, 0.1) is 0 Å². The highest BCUT2D eigenvalue weighted by atomic mass is 79.9. The third-order valence-corrected chi connectivity index (χ3v) is 4.55. The van der Waals surface area contributed by atoms with Crippen LogP contribution in [0.1, 0.15) is 17.0 Å². The molecule has 1 saturated heterocycles. The minimum atomic E-state index is 0.328. The molecule has 80 valence electrons. The maximum absolute atomic E-state index is 6.25. The monoisotopic (exact) mass is 287 g/mol. The number of hydrogen-bond acceptors (Lipinski definition) is 2. The molecule has 0 aliphatic carbocycles. The second kappa shape index (κ2) is 3.74. The summed E-state index contributed by atoms with van der Waals surface area (Å²) in [6.07, 6.45) is 0.328. The molecule has 1 aromatic rings. The predicted molar refractivity (Wildman–Crippen MR) is 63.3 cm³/mol. The summed E-state index contributed by atoms with van der Waals surface area (Å²) in [7, 11) is 0. The van der Waals surface area contributed by atoms with Crippen molar-refractivity contribution in [1.29, 1.82) is 0 Å². The normalized spacial score (nSPS) is 28.7. The van der Waals surface area contributed by atoms with Gasteiger partial charge >= 0.3 is 0 Å². The van der Waals surface area contributed by atoms with Crippen LogP contribution in [-0.4, -0.2) is 19.2 Å². The molecule has 2 aliphatic heterocycles. The van der Waals surface area contributed by atoms with Crippen molar-refractivity contribution in [2.45, 2.75) is 18.6 Å². The van der Waals surface area contributed by atoms with Gasteiger partial charge in [-0.05, 0) is 27.6 Å². The number of fused-ring (bicyclic) bond motifs is 3. The molecule has 0 aromatic heterocycles. The maximum Gasteiger partial charge on any atom is 0.0784 e. The zero-order valence-electron chi connectivity index (χ0n) is 8.09. The van der Waals surface area contributed by atoms with Gasteiger partial charge in [-0.25, -0.2) is 0 Å². The van der Waals surface area contributed by atoms with E-state index in [9.17, 15) is 0 Å². The van der Waals surface area contributed by atoms with Crippen LogP contribution >= 0.6 is 27.5 Å². The van der Waals surface area contributed by atoms with Gasteiger partial charge < -0.3 is 10.1 Å². The smallest absolute Gasteiger partial charge is 0.0784 e. The fourth-order valence-corrected chi connectivity index (χ4v) is 3.03. The van der Waals surface area contributed by atoms with Crippen molar-refractivity contribution in [3.05, 3.63) is 32.8 Å². The molecule has 2 atom stereocenters. The summed E-state index contributed by atoms with van der Waals surface area (Å²) >= 11 is 9.70. The molecule has 0 saturated carbocycles. The molecule has 4 heteroatoms. The molecule has 2 heterocycles. The lowest BCUT2D eigenvalue weighted by Crippen LogP contribution is -2.27. The van der Waals surface area contributed by atoms with Crippen LogP contribution in [0.2, 0.25) is 5.02 Å². The van der Waals surface area contributed by atoms with Gasteiger partial charge in [0, 0.05) is 29.0 Å². The van der Waals surface area contributed by atoms with Gasteiger partial charge in [0.15, 0.2) is 0 Å². The van der Waals surface area contributed by atoms with Gasteiger partial charge in [-0.15, -0.1) is 0 Å². The molecular weight excluding hydrogens is 277 g/mol. The van der Waals surface area contributed by atoms with Crippen LogP contribution in [-0.2, 0) is 11.3 Å². The van der Waals surface area contributed by atoms with E-state index >= 15 is 0 Å². The van der Waals surface area contributed by atoms with Crippen molar-refractivity contribution in [3.63, 3.8) is 0 Å². The third kappa shape index (κ3) is 1.53. The molecule has 3 rings (SSSR count). The molecule has 1 fully saturated rings. The Labute approximate surface area is 102 Å². The van der Waals surface area contributed by atoms with Gasteiger partial charge in [0.25, 0.3) is 0 Å². The topological polar surface area (TPSA) is 21.3 Å². The first-order chi connectivity index (χ1) is 7.27. The first-order valence-corrected chi connectivity index (χ1v) is 6.23. The number of rotatable bonds is 0. The Bertz CT molecular complexity index is 410. The molecule has 0 radical (unpaired) electrons. The van der Waals surface area contributed by atoms with Gasteiger partial charge in [-0.3, -0.25) is 0 Å². The highest BCUT2D eigenvalue weighted by Gasteiger charge is 2.35. The van der Waals surface area contributed by atoms with Crippen molar-refractivity contribution < 1.29 is 4.74 Å². The largest absolute Gasteiger partial charge is 0.371 e. The summed E-state index contributed by atoms with van der Waals surface area (Å²) in [5, 5.41) is 4.16. The summed E-state index contributed by atoms with van der Waals surface area (Å²) in [5.74, 6) is 0.472. The lowest BCUT2D eigenvalue weighted by Gasteiger charge is -2.28. The van der Waals surface area contributed by atoms with E-state index in [1.54, 1.807) is 0 Å². The van der Waals surface area contributed by atoms with Crippen LogP contribution < -0.4 is 5.32 Å². The minimum absolute atomic E-state index is 0.328. The number of halogens is 2. The van der Waals surface area contributed by atoms with Crippen molar-refractivity contribution in [1.82, 2.24) is 5.32 Å². The zero-order chi connectivity index (χ0) is 10.4. The van der Waals surface area contributed by atoms with E-state index in [0.717, 1.165) is 28.1 Å². The fraction of sp³-hybridized carbons (Fsp3) is 0.455. The SMILES string of the molecule is Clc1c(Br)ccc2c1CO[C@H]1CNC[C@@H]21. The maximum atomic E-state index is 6.25. The lowest BCUT2D eigenvalue weighted by molar-refractivity contribution is 0.0299. The van der Waals surface area contributed by atoms with Gasteiger partial charge in [0.1, 0.15) is 0 Å². The van der Waals surface area contributed by atoms with E-state index in [2.05, 4.69) is 27.3 Å². The van der Waals surface area contributed by atoms with E-state index in [1.807, 2.05) is 6.07 Å². The molecule has 15 heavy (non-hydrogen) atoms. The molecule has 1 N–H and O–H groups in total. The van der Waals surface area contributed by atoms with E-state index in [0.29, 0.717) is 18.6 Å². The quantitative estimate of drug-likeness (QED) is 0.792. The van der Waals surface area contributed by atoms with Crippen molar-refractivity contribution in [2.24, 2.45) is 0 Å². The fourth-order valence-electron chi connectivity index (χ4n) is 2.43. The van der Waals surface area contributed by atoms with Gasteiger partial charge in [0.05, 0.1) is 17.7 Å². The summed E-state index contributed by atoms with van der Waals surface area (Å²) in [4.78, 5) is 0. The zero-order valence-corrected chi connectivity index (χ0v) is 10.4. The van der Waals surface area contributed by atoms with Crippen molar-refractivity contribution in [2.75, 3.05) is 13.1 Å². The van der Waals surface area contributed by atoms with Crippen LogP contribution in [0.3, 0.4) is 0 Å². The van der Waals surface area contributed by atoms with Gasteiger partial charge in [0.2, 0.25) is 0 Å². The summed E-state index contributed by atoms with van der Waals surface area (Å²) < 4.78 is 6.75. The Morgan fingerprint density at radius 2 is 2.27 bits per heavy atom. The van der Waals surface area contributed by atoms with Crippen LogP contribution in [0.25, 0.3) is 0 Å². The molecule has 2 aliphatic rings. The van der Waals surface area contributed by atoms with E-state index < -0.39 is 0 Å². The van der Waals surface area contributed by atoms with Crippen LogP contribution in [0.15, 0.2) is 16.6 Å². The molecule has 0 spiro atoms. The Balaban J connectivity index is 2.11. The van der Waals surface area contributed by atoms with Crippen LogP contribution in [0.5, 0.6) is 0 Å². The van der Waals surface area contributed by atoms with Gasteiger partial charge in [-0.1, -0.05) is 17.7 Å². The average molecular weight is 289 g/mol. The van der Waals surface area contributed by atoms with Crippen molar-refractivity contribution in [3.8, 4) is 0 Å². The van der Waals surface area contributed by atoms with E-state index in [-0.39, 0.29) is 0 Å². The van der Waals surface area contributed by atoms with E-state index in [4.69, 9.17) is 16.3 Å². The Morgan fingerprint density at radius 1 is 1.40 bits per heavy atom. The van der Waals surface area contributed by atoms with Crippen LogP contribution in [0.4, 0.5) is 0 Å². The van der Waals surface area contributed by atoms with E-state index in [1.165, 1.54) is 5.56 Å². The van der Waals surface area contributed by atoms with Crippen molar-refractivity contribution >= 4 is 27.5 Å². The molecule has 2 nitrogen and oxygen atoms in total. The lowest BCUT2D eigenvalue weighted by atomic mass is 9.90. The summed E-state index contributed by atoms with van der Waals surface area (Å²) in [5.41, 5.74) is 2.50.